The molecule has 3 nitrogen and oxygen atoms in total. The molecule has 1 aromatic carbocycles. The third kappa shape index (κ3) is 7.46. The number of alkyl carbamates (subject to hydrolysis) is 1. The number of benzene rings is 1. The summed E-state index contributed by atoms with van der Waals surface area (Å²) in [7, 11) is 0. The fourth-order valence-electron chi connectivity index (χ4n) is 2.03. The summed E-state index contributed by atoms with van der Waals surface area (Å²) < 4.78 is 56.7. The highest BCUT2D eigenvalue weighted by atomic mass is 127. The second kappa shape index (κ2) is 9.43. The number of carbonyl (C=O) groups excluding carboxylic acids is 1. The highest BCUT2D eigenvalue weighted by Crippen LogP contribution is 2.45. The maximum absolute atomic E-state index is 13.4. The van der Waals surface area contributed by atoms with E-state index in [4.69, 9.17) is 4.74 Å². The molecule has 0 aromatic heterocycles. The van der Waals surface area contributed by atoms with E-state index in [0.29, 0.717) is 6.42 Å². The first-order valence-corrected chi connectivity index (χ1v) is 9.51. The maximum Gasteiger partial charge on any atom is 0.407 e. The van der Waals surface area contributed by atoms with Crippen molar-refractivity contribution >= 4 is 40.3 Å². The SMILES string of the molecule is CC(C)(CCNC(=O)OCc1ccccc1)C(I)CC(F)(F)C(F)(F)Cl. The van der Waals surface area contributed by atoms with E-state index in [2.05, 4.69) is 16.9 Å². The van der Waals surface area contributed by atoms with Crippen LogP contribution in [-0.4, -0.2) is 27.9 Å². The Morgan fingerprint density at radius 1 is 1.23 bits per heavy atom. The maximum atomic E-state index is 13.4. The number of hydrogen-bond donors (Lipinski definition) is 1. The Kier molecular flexibility index (Phi) is 8.44. The molecule has 1 rings (SSSR count). The summed E-state index contributed by atoms with van der Waals surface area (Å²) in [4.78, 5) is 11.7. The number of nitrogens with one attached hydrogen (secondary N) is 1. The highest BCUT2D eigenvalue weighted by molar-refractivity contribution is 14.1. The first-order valence-electron chi connectivity index (χ1n) is 7.88. The standard InChI is InChI=1S/C17H21ClF4INO2/c1-15(2,13(23)10-16(19,20)17(18,21)22)8-9-24-14(25)26-11-12-6-4-3-5-7-12/h3-7,13H,8-11H2,1-2H3,(H,24,25). The molecule has 9 heteroatoms. The molecule has 0 aliphatic rings. The summed E-state index contributed by atoms with van der Waals surface area (Å²) in [5.41, 5.74) is 0.110. The van der Waals surface area contributed by atoms with Crippen molar-refractivity contribution < 1.29 is 27.1 Å². The lowest BCUT2D eigenvalue weighted by Gasteiger charge is -2.33. The monoisotopic (exact) mass is 509 g/mol. The molecular formula is C17H21ClF4INO2. The van der Waals surface area contributed by atoms with Crippen molar-refractivity contribution in [1.29, 1.82) is 0 Å². The molecule has 0 fully saturated rings. The second-order valence-electron chi connectivity index (χ2n) is 6.60. The van der Waals surface area contributed by atoms with Gasteiger partial charge in [0.05, 0.1) is 0 Å². The van der Waals surface area contributed by atoms with E-state index in [1.807, 2.05) is 30.3 Å². The van der Waals surface area contributed by atoms with E-state index in [1.165, 1.54) is 0 Å². The zero-order valence-corrected chi connectivity index (χ0v) is 17.3. The molecule has 26 heavy (non-hydrogen) atoms. The topological polar surface area (TPSA) is 38.3 Å². The van der Waals surface area contributed by atoms with Crippen molar-refractivity contribution in [2.45, 2.75) is 48.5 Å². The van der Waals surface area contributed by atoms with Crippen molar-refractivity contribution in [3.63, 3.8) is 0 Å². The van der Waals surface area contributed by atoms with E-state index in [0.717, 1.165) is 5.56 Å². The molecule has 0 spiro atoms. The number of carbonyl (C=O) groups is 1. The Labute approximate surface area is 168 Å². The number of alkyl halides is 6. The average Bonchev–Trinajstić information content (AvgIpc) is 2.52. The molecular weight excluding hydrogens is 489 g/mol. The van der Waals surface area contributed by atoms with Gasteiger partial charge in [0, 0.05) is 16.9 Å². The van der Waals surface area contributed by atoms with Gasteiger partial charge >= 0.3 is 17.4 Å². The second-order valence-corrected chi connectivity index (χ2v) is 8.58. The van der Waals surface area contributed by atoms with E-state index in [9.17, 15) is 22.4 Å². The summed E-state index contributed by atoms with van der Waals surface area (Å²) in [5.74, 6) is -4.31. The molecule has 0 saturated carbocycles. The van der Waals surface area contributed by atoms with E-state index < -0.39 is 33.2 Å². The van der Waals surface area contributed by atoms with Gasteiger partial charge in [-0.2, -0.15) is 17.6 Å². The lowest BCUT2D eigenvalue weighted by atomic mass is 9.83. The Hall–Kier alpha value is -0.770. The van der Waals surface area contributed by atoms with Crippen LogP contribution in [-0.2, 0) is 11.3 Å². The molecule has 0 bridgehead atoms. The van der Waals surface area contributed by atoms with Crippen LogP contribution < -0.4 is 5.32 Å². The summed E-state index contributed by atoms with van der Waals surface area (Å²) >= 11 is 6.20. The van der Waals surface area contributed by atoms with Crippen molar-refractivity contribution in [2.75, 3.05) is 6.54 Å². The lowest BCUT2D eigenvalue weighted by Crippen LogP contribution is -2.41. The first-order chi connectivity index (χ1) is 11.8. The summed E-state index contributed by atoms with van der Waals surface area (Å²) in [6, 6.07) is 9.10. The summed E-state index contributed by atoms with van der Waals surface area (Å²) in [6.07, 6.45) is -1.38. The molecule has 0 aliphatic carbocycles. The fourth-order valence-corrected chi connectivity index (χ4v) is 2.98. The average molecular weight is 510 g/mol. The van der Waals surface area contributed by atoms with Crippen molar-refractivity contribution in [3.8, 4) is 0 Å². The molecule has 148 valence electrons. The van der Waals surface area contributed by atoms with Gasteiger partial charge in [-0.1, -0.05) is 66.8 Å². The largest absolute Gasteiger partial charge is 0.445 e. The molecule has 1 atom stereocenters. The van der Waals surface area contributed by atoms with Crippen LogP contribution in [0.15, 0.2) is 30.3 Å². The van der Waals surface area contributed by atoms with Gasteiger partial charge in [-0.15, -0.1) is 0 Å². The van der Waals surface area contributed by atoms with Crippen LogP contribution in [0.4, 0.5) is 22.4 Å². The van der Waals surface area contributed by atoms with Gasteiger partial charge in [-0.05, 0) is 29.0 Å². The van der Waals surface area contributed by atoms with Gasteiger partial charge in [0.1, 0.15) is 6.61 Å². The predicted octanol–water partition coefficient (Wildman–Crippen LogP) is 5.99. The van der Waals surface area contributed by atoms with E-state index in [-0.39, 0.29) is 13.2 Å². The van der Waals surface area contributed by atoms with Gasteiger partial charge in [-0.25, -0.2) is 4.79 Å². The lowest BCUT2D eigenvalue weighted by molar-refractivity contribution is -0.162. The minimum absolute atomic E-state index is 0.113. The van der Waals surface area contributed by atoms with Gasteiger partial charge < -0.3 is 10.1 Å². The van der Waals surface area contributed by atoms with Gasteiger partial charge in [0.15, 0.2) is 0 Å². The summed E-state index contributed by atoms with van der Waals surface area (Å²) in [5, 5.41) is -2.06. The summed E-state index contributed by atoms with van der Waals surface area (Å²) in [6.45, 7) is 3.62. The fraction of sp³-hybridized carbons (Fsp3) is 0.588. The molecule has 1 unspecified atom stereocenters. The van der Waals surface area contributed by atoms with E-state index in [1.54, 1.807) is 36.4 Å². The number of ether oxygens (including phenoxy) is 1. The van der Waals surface area contributed by atoms with Crippen LogP contribution in [0.3, 0.4) is 0 Å². The molecule has 0 aliphatic heterocycles. The van der Waals surface area contributed by atoms with Gasteiger partial charge in [-0.3, -0.25) is 0 Å². The van der Waals surface area contributed by atoms with Crippen LogP contribution in [0, 0.1) is 5.41 Å². The van der Waals surface area contributed by atoms with Crippen molar-refractivity contribution in [3.05, 3.63) is 35.9 Å². The van der Waals surface area contributed by atoms with Crippen LogP contribution in [0.1, 0.15) is 32.3 Å². The third-order valence-electron chi connectivity index (χ3n) is 3.95. The molecule has 1 amide bonds. The van der Waals surface area contributed by atoms with Crippen molar-refractivity contribution in [2.24, 2.45) is 5.41 Å². The molecule has 0 heterocycles. The number of hydrogen-bond acceptors (Lipinski definition) is 2. The van der Waals surface area contributed by atoms with Crippen molar-refractivity contribution in [1.82, 2.24) is 5.32 Å². The molecule has 1 aromatic rings. The number of amides is 1. The van der Waals surface area contributed by atoms with Crippen LogP contribution in [0.2, 0.25) is 0 Å². The van der Waals surface area contributed by atoms with E-state index >= 15 is 0 Å². The Bertz CT molecular complexity index is 582. The zero-order valence-electron chi connectivity index (χ0n) is 14.4. The normalized spacial score (nSPS) is 14.0. The Morgan fingerprint density at radius 3 is 2.35 bits per heavy atom. The number of rotatable bonds is 9. The highest BCUT2D eigenvalue weighted by Gasteiger charge is 2.56. The smallest absolute Gasteiger partial charge is 0.407 e. The predicted molar refractivity (Wildman–Crippen MR) is 101 cm³/mol. The number of halogens is 6. The Balaban J connectivity index is 2.41. The third-order valence-corrected chi connectivity index (χ3v) is 6.35. The minimum atomic E-state index is -4.59. The molecule has 1 N–H and O–H groups in total. The van der Waals surface area contributed by atoms with Crippen LogP contribution in [0.5, 0.6) is 0 Å². The van der Waals surface area contributed by atoms with Crippen LogP contribution in [0.25, 0.3) is 0 Å². The first kappa shape index (κ1) is 23.3. The van der Waals surface area contributed by atoms with Gasteiger partial charge in [0.25, 0.3) is 0 Å². The quantitative estimate of drug-likeness (QED) is 0.252. The zero-order chi connectivity index (χ0) is 20.0. The van der Waals surface area contributed by atoms with Crippen LogP contribution >= 0.6 is 34.2 Å². The molecule has 0 radical (unpaired) electrons. The molecule has 0 saturated heterocycles. The minimum Gasteiger partial charge on any atom is -0.445 e. The van der Waals surface area contributed by atoms with Gasteiger partial charge in [0.2, 0.25) is 0 Å². The Morgan fingerprint density at radius 2 is 1.81 bits per heavy atom.